The maximum atomic E-state index is 10.4. The van der Waals surface area contributed by atoms with Crippen molar-refractivity contribution in [2.24, 2.45) is 0 Å². The third-order valence-electron chi connectivity index (χ3n) is 1.64. The van der Waals surface area contributed by atoms with E-state index in [4.69, 9.17) is 0 Å². The van der Waals surface area contributed by atoms with E-state index in [0.717, 1.165) is 12.8 Å². The molecule has 0 aliphatic rings. The number of benzene rings is 1. The zero-order chi connectivity index (χ0) is 10.4. The fourth-order valence-electron chi connectivity index (χ4n) is 0.959. The number of carbonyl (C=O) groups is 1. The molecular weight excluding hydrogens is 196 g/mol. The molecule has 4 heteroatoms. The van der Waals surface area contributed by atoms with Gasteiger partial charge in [-0.2, -0.15) is 0 Å². The first-order valence-corrected chi connectivity index (χ1v) is 5.11. The maximum absolute atomic E-state index is 10.4. The number of hydrogen-bond acceptors (Lipinski definition) is 4. The Hall–Kier alpha value is -0.840. The van der Waals surface area contributed by atoms with Crippen molar-refractivity contribution in [2.75, 3.05) is 14.1 Å². The van der Waals surface area contributed by atoms with Crippen LogP contribution in [0.15, 0.2) is 24.3 Å². The Morgan fingerprint density at radius 2 is 2.00 bits per heavy atom. The smallest absolute Gasteiger partial charge is 0.150 e. The van der Waals surface area contributed by atoms with Gasteiger partial charge in [-0.15, -0.1) is 0 Å². The van der Waals surface area contributed by atoms with Crippen molar-refractivity contribution >= 4 is 18.4 Å². The Labute approximate surface area is 88.8 Å². The molecule has 3 nitrogen and oxygen atoms in total. The molecule has 0 heterocycles. The van der Waals surface area contributed by atoms with Crippen LogP contribution >= 0.6 is 12.1 Å². The highest BCUT2D eigenvalue weighted by Gasteiger charge is 1.94. The average molecular weight is 210 g/mol. The van der Waals surface area contributed by atoms with Crippen LogP contribution in [0.4, 0.5) is 0 Å². The van der Waals surface area contributed by atoms with Crippen LogP contribution in [0.1, 0.15) is 15.9 Å². The molecule has 1 N–H and O–H groups in total. The fourth-order valence-corrected chi connectivity index (χ4v) is 1.45. The molecule has 76 valence electrons. The monoisotopic (exact) mass is 210 g/mol. The van der Waals surface area contributed by atoms with Crippen molar-refractivity contribution in [2.45, 2.75) is 6.54 Å². The van der Waals surface area contributed by atoms with E-state index in [2.05, 4.69) is 4.72 Å². The summed E-state index contributed by atoms with van der Waals surface area (Å²) in [5.41, 5.74) is 1.89. The van der Waals surface area contributed by atoms with E-state index in [0.29, 0.717) is 5.56 Å². The van der Waals surface area contributed by atoms with Gasteiger partial charge in [-0.3, -0.25) is 4.79 Å². The second-order valence-corrected chi connectivity index (χ2v) is 4.29. The lowest BCUT2D eigenvalue weighted by Gasteiger charge is -2.09. The van der Waals surface area contributed by atoms with Gasteiger partial charge < -0.3 is 0 Å². The van der Waals surface area contributed by atoms with Crippen molar-refractivity contribution < 1.29 is 4.79 Å². The highest BCUT2D eigenvalue weighted by atomic mass is 32.2. The summed E-state index contributed by atoms with van der Waals surface area (Å²) in [5.74, 6) is 0. The SMILES string of the molecule is CN(C)SNCc1ccc(C=O)cc1. The average Bonchev–Trinajstić information content (AvgIpc) is 2.18. The minimum absolute atomic E-state index is 0.717. The Kier molecular flexibility index (Phi) is 4.65. The first-order valence-electron chi connectivity index (χ1n) is 4.33. The van der Waals surface area contributed by atoms with Crippen molar-refractivity contribution in [1.82, 2.24) is 9.03 Å². The molecular formula is C10H14N2OS. The number of rotatable bonds is 5. The Morgan fingerprint density at radius 1 is 1.36 bits per heavy atom. The van der Waals surface area contributed by atoms with E-state index in [1.165, 1.54) is 5.56 Å². The topological polar surface area (TPSA) is 32.3 Å². The van der Waals surface area contributed by atoms with E-state index in [9.17, 15) is 4.79 Å². The molecule has 0 aromatic heterocycles. The van der Waals surface area contributed by atoms with Crippen LogP contribution in [-0.2, 0) is 6.54 Å². The molecule has 0 amide bonds. The number of aldehydes is 1. The van der Waals surface area contributed by atoms with E-state index in [-0.39, 0.29) is 0 Å². The standard InChI is InChI=1S/C10H14N2OS/c1-12(2)14-11-7-9-3-5-10(8-13)6-4-9/h3-6,8,11H,7H2,1-2H3. The van der Waals surface area contributed by atoms with Gasteiger partial charge in [-0.25, -0.2) is 9.03 Å². The Bertz CT molecular complexity index is 285. The number of carbonyl (C=O) groups excluding carboxylic acids is 1. The fraction of sp³-hybridized carbons (Fsp3) is 0.300. The maximum Gasteiger partial charge on any atom is 0.150 e. The van der Waals surface area contributed by atoms with Crippen molar-refractivity contribution in [1.29, 1.82) is 0 Å². The summed E-state index contributed by atoms with van der Waals surface area (Å²) in [6.45, 7) is 0.794. The van der Waals surface area contributed by atoms with Crippen molar-refractivity contribution in [3.05, 3.63) is 35.4 Å². The Morgan fingerprint density at radius 3 is 2.50 bits per heavy atom. The molecule has 0 atom stereocenters. The van der Waals surface area contributed by atoms with Gasteiger partial charge in [0.2, 0.25) is 0 Å². The van der Waals surface area contributed by atoms with Gasteiger partial charge in [-0.05, 0) is 19.7 Å². The molecule has 0 aliphatic heterocycles. The first kappa shape index (κ1) is 11.2. The zero-order valence-electron chi connectivity index (χ0n) is 8.36. The number of nitrogens with one attached hydrogen (secondary N) is 1. The summed E-state index contributed by atoms with van der Waals surface area (Å²) in [5, 5.41) is 0. The van der Waals surface area contributed by atoms with Gasteiger partial charge in [-0.1, -0.05) is 24.3 Å². The van der Waals surface area contributed by atoms with Crippen LogP contribution in [0.5, 0.6) is 0 Å². The molecule has 0 saturated heterocycles. The second-order valence-electron chi connectivity index (χ2n) is 3.08. The zero-order valence-corrected chi connectivity index (χ0v) is 9.17. The molecule has 0 fully saturated rings. The molecule has 0 radical (unpaired) electrons. The van der Waals surface area contributed by atoms with E-state index in [1.54, 1.807) is 12.1 Å². The van der Waals surface area contributed by atoms with Crippen LogP contribution in [0.2, 0.25) is 0 Å². The number of hydrogen-bond donors (Lipinski definition) is 1. The number of nitrogens with zero attached hydrogens (tertiary/aromatic N) is 1. The molecule has 1 aromatic rings. The van der Waals surface area contributed by atoms with Crippen LogP contribution in [0, 0.1) is 0 Å². The van der Waals surface area contributed by atoms with Gasteiger partial charge >= 0.3 is 0 Å². The quantitative estimate of drug-likeness (QED) is 0.592. The van der Waals surface area contributed by atoms with E-state index in [1.807, 2.05) is 42.7 Å². The summed E-state index contributed by atoms with van der Waals surface area (Å²) in [6, 6.07) is 7.55. The molecule has 14 heavy (non-hydrogen) atoms. The molecule has 0 spiro atoms. The van der Waals surface area contributed by atoms with Gasteiger partial charge in [0.05, 0.1) is 0 Å². The van der Waals surface area contributed by atoms with Gasteiger partial charge in [0.25, 0.3) is 0 Å². The minimum Gasteiger partial charge on any atom is -0.298 e. The van der Waals surface area contributed by atoms with Crippen molar-refractivity contribution in [3.63, 3.8) is 0 Å². The highest BCUT2D eigenvalue weighted by Crippen LogP contribution is 2.04. The molecule has 1 rings (SSSR count). The van der Waals surface area contributed by atoms with Crippen LogP contribution in [-0.4, -0.2) is 24.7 Å². The van der Waals surface area contributed by atoms with Crippen molar-refractivity contribution in [3.8, 4) is 0 Å². The lowest BCUT2D eigenvalue weighted by Crippen LogP contribution is -2.12. The highest BCUT2D eigenvalue weighted by molar-refractivity contribution is 7.95. The van der Waals surface area contributed by atoms with Crippen LogP contribution in [0.3, 0.4) is 0 Å². The second kappa shape index (κ2) is 5.80. The molecule has 0 saturated carbocycles. The van der Waals surface area contributed by atoms with Gasteiger partial charge in [0.1, 0.15) is 6.29 Å². The predicted molar refractivity (Wildman–Crippen MR) is 59.9 cm³/mol. The van der Waals surface area contributed by atoms with Gasteiger partial charge in [0, 0.05) is 24.2 Å². The third kappa shape index (κ3) is 3.91. The summed E-state index contributed by atoms with van der Waals surface area (Å²) >= 11 is 1.55. The molecule has 1 aromatic carbocycles. The third-order valence-corrected chi connectivity index (χ3v) is 2.28. The molecule has 0 bridgehead atoms. The summed E-state index contributed by atoms with van der Waals surface area (Å²) in [7, 11) is 3.96. The van der Waals surface area contributed by atoms with Crippen LogP contribution in [0.25, 0.3) is 0 Å². The minimum atomic E-state index is 0.717. The summed E-state index contributed by atoms with van der Waals surface area (Å²) < 4.78 is 5.18. The van der Waals surface area contributed by atoms with E-state index >= 15 is 0 Å². The van der Waals surface area contributed by atoms with Gasteiger partial charge in [0.15, 0.2) is 0 Å². The van der Waals surface area contributed by atoms with Crippen LogP contribution < -0.4 is 4.72 Å². The summed E-state index contributed by atoms with van der Waals surface area (Å²) in [4.78, 5) is 10.4. The molecule has 0 unspecified atom stereocenters. The first-order chi connectivity index (χ1) is 6.72. The predicted octanol–water partition coefficient (Wildman–Crippen LogP) is 1.71. The largest absolute Gasteiger partial charge is 0.298 e. The molecule has 0 aliphatic carbocycles. The van der Waals surface area contributed by atoms with E-state index < -0.39 is 0 Å². The Balaban J connectivity index is 2.40. The normalized spacial score (nSPS) is 10.5. The summed E-state index contributed by atoms with van der Waals surface area (Å²) in [6.07, 6.45) is 0.853. The lowest BCUT2D eigenvalue weighted by molar-refractivity contribution is 0.112. The lowest BCUT2D eigenvalue weighted by atomic mass is 10.1.